The molecule has 0 spiro atoms. The summed E-state index contributed by atoms with van der Waals surface area (Å²) in [5.74, 6) is -0.377. The Morgan fingerprint density at radius 2 is 1.68 bits per heavy atom. The Morgan fingerprint density at radius 1 is 1.05 bits per heavy atom. The molecule has 6 heteroatoms. The Balaban J connectivity index is 1.96. The molecule has 1 aromatic carbocycles. The largest absolute Gasteiger partial charge is 0.469 e. The van der Waals surface area contributed by atoms with E-state index in [4.69, 9.17) is 16.0 Å². The maximum atomic E-state index is 11.7. The van der Waals surface area contributed by atoms with Gasteiger partial charge < -0.3 is 4.42 Å². The highest BCUT2D eigenvalue weighted by atomic mass is 35.5. The molecule has 0 bridgehead atoms. The van der Waals surface area contributed by atoms with E-state index in [0.717, 1.165) is 0 Å². The summed E-state index contributed by atoms with van der Waals surface area (Å²) in [5.41, 5.74) is 5.39. The first-order valence-electron chi connectivity index (χ1n) is 5.48. The Bertz CT molecular complexity index is 605. The molecule has 0 aliphatic heterocycles. The number of nitrogens with one attached hydrogen (secondary N) is 2. The van der Waals surface area contributed by atoms with Crippen LogP contribution in [0.4, 0.5) is 0 Å². The van der Waals surface area contributed by atoms with Crippen LogP contribution in [0.25, 0.3) is 0 Å². The zero-order valence-electron chi connectivity index (χ0n) is 10.1. The lowest BCUT2D eigenvalue weighted by molar-refractivity contribution is 0.0845. The Hall–Kier alpha value is -2.27. The van der Waals surface area contributed by atoms with Gasteiger partial charge in [-0.2, -0.15) is 0 Å². The van der Waals surface area contributed by atoms with Crippen LogP contribution < -0.4 is 10.9 Å². The zero-order valence-corrected chi connectivity index (χ0v) is 10.8. The maximum absolute atomic E-state index is 11.7. The number of hydrogen-bond acceptors (Lipinski definition) is 3. The Labute approximate surface area is 114 Å². The Kier molecular flexibility index (Phi) is 3.87. The van der Waals surface area contributed by atoms with Gasteiger partial charge in [0.2, 0.25) is 0 Å². The predicted molar refractivity (Wildman–Crippen MR) is 69.8 cm³/mol. The van der Waals surface area contributed by atoms with Gasteiger partial charge in [0.25, 0.3) is 11.8 Å². The molecule has 0 unspecified atom stereocenters. The molecule has 1 aromatic heterocycles. The molecule has 1 heterocycles. The van der Waals surface area contributed by atoms with E-state index in [-0.39, 0.29) is 0 Å². The van der Waals surface area contributed by atoms with Crippen molar-refractivity contribution in [2.75, 3.05) is 0 Å². The summed E-state index contributed by atoms with van der Waals surface area (Å²) >= 11 is 5.72. The smallest absolute Gasteiger partial charge is 0.273 e. The van der Waals surface area contributed by atoms with Crippen molar-refractivity contribution in [3.8, 4) is 0 Å². The molecule has 2 amide bonds. The average Bonchev–Trinajstić information content (AvgIpc) is 2.83. The topological polar surface area (TPSA) is 71.3 Å². The van der Waals surface area contributed by atoms with Gasteiger partial charge in [-0.3, -0.25) is 20.4 Å². The number of aryl methyl sites for hydroxylation is 1. The first-order chi connectivity index (χ1) is 9.08. The van der Waals surface area contributed by atoms with Gasteiger partial charge in [-0.15, -0.1) is 0 Å². The van der Waals surface area contributed by atoms with Gasteiger partial charge in [-0.05, 0) is 37.3 Å². The van der Waals surface area contributed by atoms with Crippen molar-refractivity contribution in [1.82, 2.24) is 10.9 Å². The van der Waals surface area contributed by atoms with Gasteiger partial charge >= 0.3 is 0 Å². The predicted octanol–water partition coefficient (Wildman–Crippen LogP) is 2.32. The molecule has 0 atom stereocenters. The fourth-order valence-corrected chi connectivity index (χ4v) is 1.60. The fraction of sp³-hybridized carbons (Fsp3) is 0.0769. The second-order valence-corrected chi connectivity index (χ2v) is 4.24. The number of hydrogen-bond donors (Lipinski definition) is 2. The number of benzene rings is 1. The van der Waals surface area contributed by atoms with Crippen LogP contribution >= 0.6 is 11.6 Å². The second kappa shape index (κ2) is 5.58. The zero-order chi connectivity index (χ0) is 13.8. The van der Waals surface area contributed by atoms with E-state index in [0.29, 0.717) is 21.9 Å². The number of carbonyl (C=O) groups excluding carboxylic acids is 2. The number of halogens is 1. The van der Waals surface area contributed by atoms with E-state index in [1.54, 1.807) is 31.2 Å². The van der Waals surface area contributed by atoms with Crippen LogP contribution in [0, 0.1) is 6.92 Å². The van der Waals surface area contributed by atoms with Crippen molar-refractivity contribution < 1.29 is 14.0 Å². The summed E-state index contributed by atoms with van der Waals surface area (Å²) in [5, 5.41) is 0.537. The maximum Gasteiger partial charge on any atom is 0.273 e. The van der Waals surface area contributed by atoms with E-state index in [1.807, 2.05) is 0 Å². The average molecular weight is 279 g/mol. The van der Waals surface area contributed by atoms with Gasteiger partial charge in [0.1, 0.15) is 5.76 Å². The summed E-state index contributed by atoms with van der Waals surface area (Å²) < 4.78 is 5.00. The summed E-state index contributed by atoms with van der Waals surface area (Å²) in [7, 11) is 0. The van der Waals surface area contributed by atoms with Crippen LogP contribution in [0.1, 0.15) is 26.5 Å². The first kappa shape index (κ1) is 13.2. The summed E-state index contributed by atoms with van der Waals surface area (Å²) in [6, 6.07) is 7.84. The highest BCUT2D eigenvalue weighted by Gasteiger charge is 2.12. The highest BCUT2D eigenvalue weighted by Crippen LogP contribution is 2.09. The third-order valence-electron chi connectivity index (χ3n) is 2.50. The molecule has 0 fully saturated rings. The highest BCUT2D eigenvalue weighted by molar-refractivity contribution is 6.30. The van der Waals surface area contributed by atoms with Crippen molar-refractivity contribution in [2.24, 2.45) is 0 Å². The van der Waals surface area contributed by atoms with Gasteiger partial charge in [0.15, 0.2) is 0 Å². The molecule has 0 radical (unpaired) electrons. The molecule has 0 saturated carbocycles. The van der Waals surface area contributed by atoms with Crippen molar-refractivity contribution in [3.63, 3.8) is 0 Å². The third-order valence-corrected chi connectivity index (χ3v) is 2.75. The molecule has 2 rings (SSSR count). The molecule has 5 nitrogen and oxygen atoms in total. The number of rotatable bonds is 2. The van der Waals surface area contributed by atoms with Gasteiger partial charge in [-0.25, -0.2) is 0 Å². The molecule has 0 aliphatic carbocycles. The van der Waals surface area contributed by atoms with Crippen molar-refractivity contribution in [1.29, 1.82) is 0 Å². The molecule has 0 aliphatic rings. The van der Waals surface area contributed by atoms with E-state index in [1.165, 1.54) is 12.3 Å². The standard InChI is InChI=1S/C13H11ClN2O3/c1-8-11(6-7-19-8)13(18)16-15-12(17)9-2-4-10(14)5-3-9/h2-7H,1H3,(H,15,17)(H,16,18). The lowest BCUT2D eigenvalue weighted by atomic mass is 10.2. The lowest BCUT2D eigenvalue weighted by Crippen LogP contribution is -2.41. The van der Waals surface area contributed by atoms with Crippen LogP contribution in [0.5, 0.6) is 0 Å². The lowest BCUT2D eigenvalue weighted by Gasteiger charge is -2.06. The minimum atomic E-state index is -0.437. The Morgan fingerprint density at radius 3 is 2.26 bits per heavy atom. The molecule has 19 heavy (non-hydrogen) atoms. The van der Waals surface area contributed by atoms with Crippen molar-refractivity contribution in [2.45, 2.75) is 6.92 Å². The SMILES string of the molecule is Cc1occc1C(=O)NNC(=O)c1ccc(Cl)cc1. The van der Waals surface area contributed by atoms with E-state index >= 15 is 0 Å². The molecular weight excluding hydrogens is 268 g/mol. The molecular formula is C13H11ClN2O3. The quantitative estimate of drug-likeness (QED) is 0.828. The van der Waals surface area contributed by atoms with Crippen LogP contribution in [0.2, 0.25) is 5.02 Å². The van der Waals surface area contributed by atoms with Crippen molar-refractivity contribution >= 4 is 23.4 Å². The van der Waals surface area contributed by atoms with Crippen LogP contribution in [-0.4, -0.2) is 11.8 Å². The number of hydrazine groups is 1. The molecule has 2 aromatic rings. The van der Waals surface area contributed by atoms with Crippen LogP contribution in [0.15, 0.2) is 41.0 Å². The number of amides is 2. The minimum Gasteiger partial charge on any atom is -0.469 e. The van der Waals surface area contributed by atoms with Gasteiger partial charge in [-0.1, -0.05) is 11.6 Å². The van der Waals surface area contributed by atoms with Crippen LogP contribution in [0.3, 0.4) is 0 Å². The molecule has 0 saturated heterocycles. The van der Waals surface area contributed by atoms with E-state index in [9.17, 15) is 9.59 Å². The number of carbonyl (C=O) groups is 2. The summed E-state index contributed by atoms with van der Waals surface area (Å²) in [6.45, 7) is 1.66. The minimum absolute atomic E-state index is 0.372. The summed E-state index contributed by atoms with van der Waals surface area (Å²) in [6.07, 6.45) is 1.41. The number of furan rings is 1. The van der Waals surface area contributed by atoms with Gasteiger partial charge in [0, 0.05) is 10.6 Å². The van der Waals surface area contributed by atoms with Gasteiger partial charge in [0.05, 0.1) is 11.8 Å². The van der Waals surface area contributed by atoms with Crippen LogP contribution in [-0.2, 0) is 0 Å². The van der Waals surface area contributed by atoms with Crippen molar-refractivity contribution in [3.05, 3.63) is 58.5 Å². The third kappa shape index (κ3) is 3.14. The first-order valence-corrected chi connectivity index (χ1v) is 5.86. The monoisotopic (exact) mass is 278 g/mol. The molecule has 2 N–H and O–H groups in total. The van der Waals surface area contributed by atoms with E-state index < -0.39 is 11.8 Å². The second-order valence-electron chi connectivity index (χ2n) is 3.81. The van der Waals surface area contributed by atoms with E-state index in [2.05, 4.69) is 10.9 Å². The molecule has 98 valence electrons. The summed E-state index contributed by atoms with van der Waals surface area (Å²) in [4.78, 5) is 23.4. The normalized spacial score (nSPS) is 10.0. The fourth-order valence-electron chi connectivity index (χ4n) is 1.47.